The fourth-order valence-corrected chi connectivity index (χ4v) is 5.64. The molecule has 0 aliphatic carbocycles. The van der Waals surface area contributed by atoms with Gasteiger partial charge in [0.2, 0.25) is 0 Å². The molecule has 2 fully saturated rings. The lowest BCUT2D eigenvalue weighted by Gasteiger charge is -2.40. The first kappa shape index (κ1) is 20.4. The zero-order chi connectivity index (χ0) is 20.6. The average molecular weight is 423 g/mol. The summed E-state index contributed by atoms with van der Waals surface area (Å²) in [5, 5.41) is 8.64. The van der Waals surface area contributed by atoms with Gasteiger partial charge in [0.15, 0.2) is 0 Å². The molecular formula is C18H26N6O4S. The van der Waals surface area contributed by atoms with Gasteiger partial charge in [-0.25, -0.2) is 0 Å². The number of aromatic nitrogens is 3. The van der Waals surface area contributed by atoms with Crippen molar-refractivity contribution in [3.63, 3.8) is 0 Å². The Morgan fingerprint density at radius 3 is 2.38 bits per heavy atom. The Labute approximate surface area is 169 Å². The van der Waals surface area contributed by atoms with Crippen molar-refractivity contribution in [3.05, 3.63) is 34.6 Å². The van der Waals surface area contributed by atoms with Crippen LogP contribution in [0.25, 0.3) is 10.9 Å². The number of ether oxygens (including phenoxy) is 1. The van der Waals surface area contributed by atoms with Crippen LogP contribution in [0.5, 0.6) is 0 Å². The molecule has 0 radical (unpaired) electrons. The van der Waals surface area contributed by atoms with Crippen LogP contribution in [0, 0.1) is 0 Å². The standard InChI is InChI=1S/C18H26N6O4S/c1-14-11-23(12-15(2)28-14)29(26,27)22-9-7-21(8-10-22)13-24-18(25)16-5-3-4-6-17(16)19-20-24/h3-6,14-15H,7-13H2,1-2H3/t14-,15-/m1/s1. The molecule has 29 heavy (non-hydrogen) atoms. The summed E-state index contributed by atoms with van der Waals surface area (Å²) in [7, 11) is -3.52. The maximum Gasteiger partial charge on any atom is 0.282 e. The zero-order valence-electron chi connectivity index (χ0n) is 16.6. The Morgan fingerprint density at radius 2 is 1.69 bits per heavy atom. The van der Waals surface area contributed by atoms with Crippen molar-refractivity contribution in [2.75, 3.05) is 39.3 Å². The number of piperazine rings is 1. The topological polar surface area (TPSA) is 101 Å². The number of nitrogens with zero attached hydrogens (tertiary/aromatic N) is 6. The van der Waals surface area contributed by atoms with E-state index in [1.54, 1.807) is 18.2 Å². The molecule has 2 atom stereocenters. The van der Waals surface area contributed by atoms with Gasteiger partial charge in [-0.15, -0.1) is 5.10 Å². The van der Waals surface area contributed by atoms with E-state index in [4.69, 9.17) is 4.74 Å². The number of fused-ring (bicyclic) bond motifs is 1. The third kappa shape index (κ3) is 4.19. The molecule has 0 unspecified atom stereocenters. The van der Waals surface area contributed by atoms with Gasteiger partial charge in [0, 0.05) is 39.3 Å². The predicted molar refractivity (Wildman–Crippen MR) is 107 cm³/mol. The third-order valence-corrected chi connectivity index (χ3v) is 7.30. The highest BCUT2D eigenvalue weighted by molar-refractivity contribution is 7.86. The highest BCUT2D eigenvalue weighted by Gasteiger charge is 2.36. The molecule has 158 valence electrons. The molecule has 4 rings (SSSR count). The van der Waals surface area contributed by atoms with Crippen molar-refractivity contribution in [1.29, 1.82) is 0 Å². The lowest BCUT2D eigenvalue weighted by molar-refractivity contribution is -0.0458. The van der Waals surface area contributed by atoms with Gasteiger partial charge in [-0.05, 0) is 26.0 Å². The van der Waals surface area contributed by atoms with Gasteiger partial charge in [-0.1, -0.05) is 17.3 Å². The fourth-order valence-electron chi connectivity index (χ4n) is 3.89. The van der Waals surface area contributed by atoms with Crippen LogP contribution in [-0.2, 0) is 21.6 Å². The molecule has 0 N–H and O–H groups in total. The molecule has 11 heteroatoms. The molecule has 2 saturated heterocycles. The number of rotatable bonds is 4. The smallest absolute Gasteiger partial charge is 0.282 e. The normalized spacial score (nSPS) is 25.4. The van der Waals surface area contributed by atoms with E-state index < -0.39 is 10.2 Å². The van der Waals surface area contributed by atoms with E-state index in [1.807, 2.05) is 24.8 Å². The number of hydrogen-bond donors (Lipinski definition) is 0. The molecule has 3 heterocycles. The highest BCUT2D eigenvalue weighted by Crippen LogP contribution is 2.19. The summed E-state index contributed by atoms with van der Waals surface area (Å²) >= 11 is 0. The second kappa shape index (κ2) is 8.07. The van der Waals surface area contributed by atoms with Crippen molar-refractivity contribution in [2.45, 2.75) is 32.7 Å². The fraction of sp³-hybridized carbons (Fsp3) is 0.611. The van der Waals surface area contributed by atoms with E-state index in [0.29, 0.717) is 50.2 Å². The van der Waals surface area contributed by atoms with Gasteiger partial charge in [0.05, 0.1) is 24.3 Å². The number of hydrogen-bond acceptors (Lipinski definition) is 7. The molecule has 2 aromatic rings. The Hall–Kier alpha value is -1.92. The van der Waals surface area contributed by atoms with Crippen LogP contribution in [0.2, 0.25) is 0 Å². The summed E-state index contributed by atoms with van der Waals surface area (Å²) in [5.41, 5.74) is 0.376. The second-order valence-electron chi connectivity index (χ2n) is 7.65. The molecule has 2 aliphatic heterocycles. The molecule has 1 aromatic heterocycles. The van der Waals surface area contributed by atoms with Crippen molar-refractivity contribution < 1.29 is 13.2 Å². The lowest BCUT2D eigenvalue weighted by atomic mass is 10.2. The van der Waals surface area contributed by atoms with E-state index >= 15 is 0 Å². The van der Waals surface area contributed by atoms with Crippen molar-refractivity contribution in [3.8, 4) is 0 Å². The van der Waals surface area contributed by atoms with Gasteiger partial charge < -0.3 is 4.74 Å². The maximum absolute atomic E-state index is 13.0. The predicted octanol–water partition coefficient (Wildman–Crippen LogP) is -0.279. The Balaban J connectivity index is 1.41. The molecule has 0 saturated carbocycles. The zero-order valence-corrected chi connectivity index (χ0v) is 17.5. The van der Waals surface area contributed by atoms with Crippen LogP contribution >= 0.6 is 0 Å². The minimum atomic E-state index is -3.52. The number of morpholine rings is 1. The van der Waals surface area contributed by atoms with E-state index in [-0.39, 0.29) is 24.4 Å². The first-order valence-electron chi connectivity index (χ1n) is 9.80. The minimum Gasteiger partial charge on any atom is -0.373 e. The lowest BCUT2D eigenvalue weighted by Crippen LogP contribution is -2.57. The third-order valence-electron chi connectivity index (χ3n) is 5.33. The van der Waals surface area contributed by atoms with Crippen molar-refractivity contribution in [2.24, 2.45) is 0 Å². The minimum absolute atomic E-state index is 0.117. The Kier molecular flexibility index (Phi) is 5.67. The van der Waals surface area contributed by atoms with Gasteiger partial charge in [-0.3, -0.25) is 9.69 Å². The van der Waals surface area contributed by atoms with E-state index in [9.17, 15) is 13.2 Å². The maximum atomic E-state index is 13.0. The first-order valence-corrected chi connectivity index (χ1v) is 11.2. The van der Waals surface area contributed by atoms with Gasteiger partial charge >= 0.3 is 0 Å². The van der Waals surface area contributed by atoms with Crippen molar-refractivity contribution in [1.82, 2.24) is 28.5 Å². The van der Waals surface area contributed by atoms with Crippen LogP contribution in [-0.4, -0.2) is 88.4 Å². The van der Waals surface area contributed by atoms with Crippen LogP contribution in [0.15, 0.2) is 29.1 Å². The SMILES string of the molecule is C[C@@H]1CN(S(=O)(=O)N2CCN(Cn3nnc4ccccc4c3=O)CC2)C[C@@H](C)O1. The quantitative estimate of drug-likeness (QED) is 0.668. The average Bonchev–Trinajstić information content (AvgIpc) is 2.70. The van der Waals surface area contributed by atoms with Crippen molar-refractivity contribution >= 4 is 21.1 Å². The molecule has 0 amide bonds. The molecule has 0 spiro atoms. The van der Waals surface area contributed by atoms with Gasteiger partial charge in [0.25, 0.3) is 15.8 Å². The van der Waals surface area contributed by atoms with Crippen LogP contribution < -0.4 is 5.56 Å². The van der Waals surface area contributed by atoms with E-state index in [1.165, 1.54) is 13.3 Å². The second-order valence-corrected chi connectivity index (χ2v) is 9.58. The summed E-state index contributed by atoms with van der Waals surface area (Å²) < 4.78 is 36.0. The van der Waals surface area contributed by atoms with Gasteiger partial charge in [-0.2, -0.15) is 21.7 Å². The van der Waals surface area contributed by atoms with Gasteiger partial charge in [0.1, 0.15) is 5.52 Å². The van der Waals surface area contributed by atoms with Crippen LogP contribution in [0.1, 0.15) is 13.8 Å². The van der Waals surface area contributed by atoms with Crippen LogP contribution in [0.4, 0.5) is 0 Å². The highest BCUT2D eigenvalue weighted by atomic mass is 32.2. The summed E-state index contributed by atoms with van der Waals surface area (Å²) in [6.45, 7) is 6.60. The first-order chi connectivity index (χ1) is 13.8. The van der Waals surface area contributed by atoms with Crippen LogP contribution in [0.3, 0.4) is 0 Å². The number of benzene rings is 1. The molecule has 1 aromatic carbocycles. The Bertz CT molecular complexity index is 1020. The molecule has 2 aliphatic rings. The summed E-state index contributed by atoms with van der Waals surface area (Å²) in [5.74, 6) is 0. The van der Waals surface area contributed by atoms with E-state index in [0.717, 1.165) is 0 Å². The molecule has 0 bridgehead atoms. The molecule has 10 nitrogen and oxygen atoms in total. The van der Waals surface area contributed by atoms with E-state index in [2.05, 4.69) is 10.3 Å². The summed E-state index contributed by atoms with van der Waals surface area (Å²) in [4.78, 5) is 14.6. The Morgan fingerprint density at radius 1 is 1.03 bits per heavy atom. The summed E-state index contributed by atoms with van der Waals surface area (Å²) in [6.07, 6.45) is -0.235. The largest absolute Gasteiger partial charge is 0.373 e. The summed E-state index contributed by atoms with van der Waals surface area (Å²) in [6, 6.07) is 7.10. The monoisotopic (exact) mass is 422 g/mol. The molecular weight excluding hydrogens is 396 g/mol.